The predicted molar refractivity (Wildman–Crippen MR) is 163 cm³/mol. The van der Waals surface area contributed by atoms with Gasteiger partial charge in [-0.15, -0.1) is 10.2 Å². The van der Waals surface area contributed by atoms with Crippen LogP contribution in [0.15, 0.2) is 79.9 Å². The third-order valence-electron chi connectivity index (χ3n) is 6.13. The third kappa shape index (κ3) is 6.88. The molecule has 212 valence electrons. The molecule has 10 heteroatoms. The van der Waals surface area contributed by atoms with Crippen LogP contribution in [0.1, 0.15) is 49.9 Å². The summed E-state index contributed by atoms with van der Waals surface area (Å²) >= 11 is 0. The van der Waals surface area contributed by atoms with Crippen molar-refractivity contribution >= 4 is 49.3 Å². The Hall–Kier alpha value is -4.15. The zero-order valence-electron chi connectivity index (χ0n) is 24.2. The summed E-state index contributed by atoms with van der Waals surface area (Å²) in [5.41, 5.74) is 10.9. The predicted octanol–water partition coefficient (Wildman–Crippen LogP) is 9.49. The average Bonchev–Trinajstić information content (AvgIpc) is 2.94. The van der Waals surface area contributed by atoms with Crippen molar-refractivity contribution in [3.05, 3.63) is 76.9 Å². The van der Waals surface area contributed by atoms with E-state index in [0.29, 0.717) is 16.9 Å². The van der Waals surface area contributed by atoms with E-state index in [4.69, 9.17) is 5.73 Å². The highest BCUT2D eigenvalue weighted by Gasteiger charge is 2.24. The summed E-state index contributed by atoms with van der Waals surface area (Å²) in [4.78, 5) is -0.522. The van der Waals surface area contributed by atoms with Crippen LogP contribution in [0, 0.1) is 27.7 Å². The fourth-order valence-electron chi connectivity index (χ4n) is 3.86. The Morgan fingerprint density at radius 2 is 1.32 bits per heavy atom. The molecular weight excluding hydrogens is 526 g/mol. The molecule has 0 spiro atoms. The van der Waals surface area contributed by atoms with Crippen molar-refractivity contribution in [3.63, 3.8) is 0 Å². The van der Waals surface area contributed by atoms with E-state index in [2.05, 4.69) is 20.5 Å². The molecule has 0 radical (unpaired) electrons. The van der Waals surface area contributed by atoms with Gasteiger partial charge in [0.15, 0.2) is 5.75 Å². The maximum Gasteiger partial charge on any atom is 0.296 e. The van der Waals surface area contributed by atoms with Crippen LogP contribution in [-0.2, 0) is 10.1 Å². The molecule has 4 rings (SSSR count). The number of nitrogen functional groups attached to an aromatic ring is 1. The first-order valence-corrected chi connectivity index (χ1v) is 14.4. The fraction of sp³-hybridized carbons (Fsp3) is 0.267. The molecular formula is C30H37N5O4S. The van der Waals surface area contributed by atoms with Crippen LogP contribution < -0.4 is 5.73 Å². The number of azo groups is 2. The number of nitrogens with zero attached hydrogens (tertiary/aromatic N) is 4. The standard InChI is InChI=1S/C26H25N5O4S.2C2H6/c1-14-10-11-20(17(4)16(14)3)29-30-24-15(2)12-18-13-21(36(33,34)35)25(23(27)22(18)26(24)32)31-28-19-8-6-5-7-9-19;2*1-2/h5-13,32H,27H2,1-4H3,(H,33,34,35);2*1-2H3. The summed E-state index contributed by atoms with van der Waals surface area (Å²) < 4.78 is 34.1. The van der Waals surface area contributed by atoms with Crippen LogP contribution in [0.3, 0.4) is 0 Å². The van der Waals surface area contributed by atoms with E-state index >= 15 is 0 Å². The molecule has 0 saturated heterocycles. The Bertz CT molecular complexity index is 1670. The zero-order valence-corrected chi connectivity index (χ0v) is 25.0. The number of phenols is 1. The van der Waals surface area contributed by atoms with Gasteiger partial charge in [0.05, 0.1) is 22.4 Å². The lowest BCUT2D eigenvalue weighted by atomic mass is 10.0. The van der Waals surface area contributed by atoms with Gasteiger partial charge in [-0.2, -0.15) is 18.6 Å². The van der Waals surface area contributed by atoms with Crippen LogP contribution in [0.2, 0.25) is 0 Å². The number of aromatic hydroxyl groups is 1. The summed E-state index contributed by atoms with van der Waals surface area (Å²) in [6.07, 6.45) is 0. The number of hydrogen-bond acceptors (Lipinski definition) is 8. The molecule has 0 unspecified atom stereocenters. The maximum atomic E-state index is 12.1. The minimum Gasteiger partial charge on any atom is -0.505 e. The Morgan fingerprint density at radius 3 is 1.93 bits per heavy atom. The van der Waals surface area contributed by atoms with Gasteiger partial charge in [0.1, 0.15) is 16.3 Å². The molecule has 0 atom stereocenters. The third-order valence-corrected chi connectivity index (χ3v) is 6.99. The summed E-state index contributed by atoms with van der Waals surface area (Å²) in [5, 5.41) is 28.2. The van der Waals surface area contributed by atoms with Crippen molar-refractivity contribution in [1.29, 1.82) is 0 Å². The number of anilines is 1. The highest BCUT2D eigenvalue weighted by molar-refractivity contribution is 7.86. The van der Waals surface area contributed by atoms with Crippen LogP contribution in [-0.4, -0.2) is 18.1 Å². The lowest BCUT2D eigenvalue weighted by molar-refractivity contribution is 0.480. The largest absolute Gasteiger partial charge is 0.505 e. The van der Waals surface area contributed by atoms with Crippen molar-refractivity contribution in [2.75, 3.05) is 5.73 Å². The van der Waals surface area contributed by atoms with Gasteiger partial charge >= 0.3 is 0 Å². The van der Waals surface area contributed by atoms with Gasteiger partial charge < -0.3 is 10.8 Å². The molecule has 0 bridgehead atoms. The summed E-state index contributed by atoms with van der Waals surface area (Å²) in [6, 6.07) is 15.2. The quantitative estimate of drug-likeness (QED) is 0.125. The molecule has 9 nitrogen and oxygen atoms in total. The topological polar surface area (TPSA) is 150 Å². The van der Waals surface area contributed by atoms with E-state index < -0.39 is 15.0 Å². The SMILES string of the molecule is CC.CC.Cc1ccc(N=Nc2c(C)cc3cc(S(=O)(=O)O)c(N=Nc4ccccc4)c(N)c3c2O)c(C)c1C. The number of benzene rings is 4. The average molecular weight is 564 g/mol. The van der Waals surface area contributed by atoms with Crippen molar-refractivity contribution in [2.24, 2.45) is 20.5 Å². The molecule has 4 aromatic rings. The van der Waals surface area contributed by atoms with E-state index in [0.717, 1.165) is 16.7 Å². The smallest absolute Gasteiger partial charge is 0.296 e. The van der Waals surface area contributed by atoms with Crippen molar-refractivity contribution in [2.45, 2.75) is 60.3 Å². The first-order chi connectivity index (χ1) is 19.0. The van der Waals surface area contributed by atoms with Gasteiger partial charge in [0.2, 0.25) is 0 Å². The summed E-state index contributed by atoms with van der Waals surface area (Å²) in [5.74, 6) is -0.286. The Balaban J connectivity index is 0.00000134. The molecule has 0 aliphatic rings. The summed E-state index contributed by atoms with van der Waals surface area (Å²) in [7, 11) is -4.70. The number of fused-ring (bicyclic) bond motifs is 1. The molecule has 40 heavy (non-hydrogen) atoms. The molecule has 4 aromatic carbocycles. The highest BCUT2D eigenvalue weighted by Crippen LogP contribution is 2.47. The van der Waals surface area contributed by atoms with Gasteiger partial charge in [-0.25, -0.2) is 0 Å². The zero-order chi connectivity index (χ0) is 30.2. The van der Waals surface area contributed by atoms with Crippen LogP contribution >= 0.6 is 0 Å². The van der Waals surface area contributed by atoms with Crippen LogP contribution in [0.5, 0.6) is 5.75 Å². The van der Waals surface area contributed by atoms with E-state index in [-0.39, 0.29) is 33.6 Å². The maximum absolute atomic E-state index is 12.1. The first kappa shape index (κ1) is 32.1. The molecule has 0 fully saturated rings. The van der Waals surface area contributed by atoms with Crippen molar-refractivity contribution in [3.8, 4) is 5.75 Å². The molecule has 0 amide bonds. The Kier molecular flexibility index (Phi) is 11.0. The Morgan fingerprint density at radius 1 is 0.725 bits per heavy atom. The molecule has 0 aliphatic heterocycles. The summed E-state index contributed by atoms with van der Waals surface area (Å²) in [6.45, 7) is 15.7. The van der Waals surface area contributed by atoms with E-state index in [1.807, 2.05) is 60.6 Å². The monoisotopic (exact) mass is 563 g/mol. The molecule has 0 aliphatic carbocycles. The van der Waals surface area contributed by atoms with E-state index in [1.165, 1.54) is 6.07 Å². The second-order valence-electron chi connectivity index (χ2n) is 8.49. The molecule has 0 aromatic heterocycles. The number of phenolic OH excluding ortho intramolecular Hbond substituents is 1. The van der Waals surface area contributed by atoms with Crippen LogP contribution in [0.4, 0.5) is 28.4 Å². The van der Waals surface area contributed by atoms with Crippen molar-refractivity contribution < 1.29 is 18.1 Å². The second-order valence-corrected chi connectivity index (χ2v) is 9.88. The van der Waals surface area contributed by atoms with Gasteiger partial charge in [0, 0.05) is 0 Å². The number of nitrogens with two attached hydrogens (primary N) is 1. The molecule has 4 N–H and O–H groups in total. The minimum atomic E-state index is -4.70. The Labute approximate surface area is 236 Å². The molecule has 0 heterocycles. The lowest BCUT2D eigenvalue weighted by Crippen LogP contribution is -2.02. The fourth-order valence-corrected chi connectivity index (χ4v) is 4.53. The van der Waals surface area contributed by atoms with Gasteiger partial charge in [-0.1, -0.05) is 52.0 Å². The number of aryl methyl sites for hydroxylation is 2. The first-order valence-electron chi connectivity index (χ1n) is 13.0. The minimum absolute atomic E-state index is 0.126. The van der Waals surface area contributed by atoms with Crippen LogP contribution in [0.25, 0.3) is 10.8 Å². The highest BCUT2D eigenvalue weighted by atomic mass is 32.2. The number of rotatable bonds is 5. The lowest BCUT2D eigenvalue weighted by Gasteiger charge is -2.14. The van der Waals surface area contributed by atoms with E-state index in [1.54, 1.807) is 43.3 Å². The number of hydrogen-bond donors (Lipinski definition) is 3. The van der Waals surface area contributed by atoms with Crippen molar-refractivity contribution in [1.82, 2.24) is 0 Å². The van der Waals surface area contributed by atoms with Gasteiger partial charge in [0.25, 0.3) is 10.1 Å². The molecule has 0 saturated carbocycles. The van der Waals surface area contributed by atoms with Gasteiger partial charge in [-0.3, -0.25) is 4.55 Å². The normalized spacial score (nSPS) is 11.3. The van der Waals surface area contributed by atoms with Gasteiger partial charge in [-0.05, 0) is 85.7 Å². The van der Waals surface area contributed by atoms with E-state index in [9.17, 15) is 18.1 Å². The second kappa shape index (κ2) is 13.8.